The Morgan fingerprint density at radius 1 is 1.04 bits per heavy atom. The number of nitrogens with zero attached hydrogens (tertiary/aromatic N) is 5. The molecule has 47 heavy (non-hydrogen) atoms. The molecule has 2 atom stereocenters. The summed E-state index contributed by atoms with van der Waals surface area (Å²) in [4.78, 5) is 35.7. The fraction of sp³-hybridized carbons (Fsp3) is 0.389. The summed E-state index contributed by atoms with van der Waals surface area (Å²) in [6.45, 7) is 6.27. The molecule has 2 unspecified atom stereocenters. The quantitative estimate of drug-likeness (QED) is 0.274. The van der Waals surface area contributed by atoms with E-state index in [1.165, 1.54) is 4.90 Å². The molecular formula is C36H41N5O6. The van der Waals surface area contributed by atoms with Crippen LogP contribution in [-0.4, -0.2) is 91.3 Å². The Labute approximate surface area is 274 Å². The van der Waals surface area contributed by atoms with Gasteiger partial charge in [0.05, 0.1) is 35.0 Å². The number of piperazine rings is 1. The molecule has 2 saturated heterocycles. The van der Waals surface area contributed by atoms with Crippen LogP contribution in [0.4, 0.5) is 4.79 Å². The lowest BCUT2D eigenvalue weighted by molar-refractivity contribution is -0.0370. The van der Waals surface area contributed by atoms with E-state index >= 15 is 0 Å². The predicted octanol–water partition coefficient (Wildman–Crippen LogP) is 5.73. The van der Waals surface area contributed by atoms with Crippen molar-refractivity contribution >= 4 is 35.2 Å². The molecule has 246 valence electrons. The van der Waals surface area contributed by atoms with Gasteiger partial charge in [-0.25, -0.2) is 14.5 Å². The summed E-state index contributed by atoms with van der Waals surface area (Å²) in [6, 6.07) is 17.6. The van der Waals surface area contributed by atoms with Crippen molar-refractivity contribution in [3.05, 3.63) is 77.5 Å². The van der Waals surface area contributed by atoms with Gasteiger partial charge in [0, 0.05) is 31.8 Å². The Morgan fingerprint density at radius 3 is 2.49 bits per heavy atom. The smallest absolute Gasteiger partial charge is 0.410 e. The first kappa shape index (κ1) is 32.2. The lowest BCUT2D eigenvalue weighted by atomic mass is 10.0. The average Bonchev–Trinajstić information content (AvgIpc) is 3.45. The zero-order valence-electron chi connectivity index (χ0n) is 27.0. The fourth-order valence-electron chi connectivity index (χ4n) is 6.01. The normalized spacial score (nSPS) is 19.0. The van der Waals surface area contributed by atoms with Crippen molar-refractivity contribution in [2.75, 3.05) is 32.8 Å². The van der Waals surface area contributed by atoms with E-state index in [-0.39, 0.29) is 44.1 Å². The molecule has 0 bridgehead atoms. The molecular weight excluding hydrogens is 598 g/mol. The Bertz CT molecular complexity index is 1760. The van der Waals surface area contributed by atoms with Crippen molar-refractivity contribution in [1.82, 2.24) is 24.6 Å². The summed E-state index contributed by atoms with van der Waals surface area (Å²) in [5, 5.41) is 26.0. The van der Waals surface area contributed by atoms with Crippen LogP contribution in [0.2, 0.25) is 0 Å². The van der Waals surface area contributed by atoms with E-state index in [0.717, 1.165) is 24.8 Å². The third-order valence-corrected chi connectivity index (χ3v) is 8.35. The molecule has 0 saturated carbocycles. The first-order valence-corrected chi connectivity index (χ1v) is 16.1. The van der Waals surface area contributed by atoms with Crippen molar-refractivity contribution in [2.45, 2.75) is 57.9 Å². The van der Waals surface area contributed by atoms with E-state index in [1.807, 2.05) is 42.5 Å². The number of hydrogen-bond acceptors (Lipinski definition) is 8. The van der Waals surface area contributed by atoms with Crippen LogP contribution in [0.25, 0.3) is 34.4 Å². The highest BCUT2D eigenvalue weighted by Crippen LogP contribution is 2.34. The monoisotopic (exact) mass is 639 g/mol. The third-order valence-electron chi connectivity index (χ3n) is 8.35. The van der Waals surface area contributed by atoms with Gasteiger partial charge in [-0.15, -0.1) is 0 Å². The van der Waals surface area contributed by atoms with Gasteiger partial charge in [0.2, 0.25) is 0 Å². The second kappa shape index (κ2) is 13.5. The number of benzene rings is 2. The van der Waals surface area contributed by atoms with Crippen LogP contribution in [0.5, 0.6) is 5.75 Å². The Balaban J connectivity index is 1.47. The number of aromatic hydroxyl groups is 1. The minimum Gasteiger partial charge on any atom is -0.508 e. The van der Waals surface area contributed by atoms with Crippen LogP contribution < -0.4 is 0 Å². The second-order valence-corrected chi connectivity index (χ2v) is 13.0. The van der Waals surface area contributed by atoms with Crippen LogP contribution in [-0.2, 0) is 9.47 Å². The third kappa shape index (κ3) is 7.16. The Morgan fingerprint density at radius 2 is 1.81 bits per heavy atom. The SMILES string of the molecule is CC(C)(C)OC(=O)N1CCN(C(=O)c2cc(-c3ccc(O)cc3)nc3c2c(C=Cc2ccccc2)nn3C2CCCCO2)C(CO)C1. The van der Waals surface area contributed by atoms with E-state index in [1.54, 1.807) is 60.7 Å². The Kier molecular flexibility index (Phi) is 9.28. The summed E-state index contributed by atoms with van der Waals surface area (Å²) in [6.07, 6.45) is 5.71. The number of carbonyl (C=O) groups is 2. The zero-order chi connectivity index (χ0) is 33.1. The van der Waals surface area contributed by atoms with E-state index in [9.17, 15) is 19.8 Å². The molecule has 0 spiro atoms. The maximum atomic E-state index is 14.7. The number of pyridine rings is 1. The lowest BCUT2D eigenvalue weighted by Crippen LogP contribution is -2.58. The molecule has 2 aromatic carbocycles. The van der Waals surface area contributed by atoms with Crippen LogP contribution in [0.1, 0.15) is 67.9 Å². The fourth-order valence-corrected chi connectivity index (χ4v) is 6.01. The summed E-state index contributed by atoms with van der Waals surface area (Å²) in [5.74, 6) is -0.187. The van der Waals surface area contributed by atoms with Crippen LogP contribution >= 0.6 is 0 Å². The summed E-state index contributed by atoms with van der Waals surface area (Å²) < 4.78 is 13.5. The zero-order valence-corrected chi connectivity index (χ0v) is 27.0. The van der Waals surface area contributed by atoms with Gasteiger partial charge in [0.25, 0.3) is 5.91 Å². The van der Waals surface area contributed by atoms with Gasteiger partial charge in [-0.2, -0.15) is 5.10 Å². The average molecular weight is 640 g/mol. The molecule has 2 aromatic heterocycles. The predicted molar refractivity (Wildman–Crippen MR) is 179 cm³/mol. The van der Waals surface area contributed by atoms with Crippen molar-refractivity contribution in [3.8, 4) is 17.0 Å². The van der Waals surface area contributed by atoms with Gasteiger partial charge >= 0.3 is 6.09 Å². The number of hydrogen-bond donors (Lipinski definition) is 2. The van der Waals surface area contributed by atoms with Gasteiger partial charge in [0.1, 0.15) is 11.4 Å². The van der Waals surface area contributed by atoms with E-state index < -0.39 is 17.7 Å². The molecule has 11 nitrogen and oxygen atoms in total. The summed E-state index contributed by atoms with van der Waals surface area (Å²) >= 11 is 0. The molecule has 6 rings (SSSR count). The van der Waals surface area contributed by atoms with E-state index in [4.69, 9.17) is 19.6 Å². The molecule has 11 heteroatoms. The highest BCUT2D eigenvalue weighted by atomic mass is 16.6. The number of fused-ring (bicyclic) bond motifs is 1. The molecule has 2 fully saturated rings. The van der Waals surface area contributed by atoms with Gasteiger partial charge < -0.3 is 29.5 Å². The number of phenolic OH excluding ortho intramolecular Hbond substituents is 1. The number of aliphatic hydroxyl groups excluding tert-OH is 1. The number of carbonyl (C=O) groups excluding carboxylic acids is 2. The summed E-state index contributed by atoms with van der Waals surface area (Å²) in [5.41, 5.74) is 3.00. The number of phenols is 1. The van der Waals surface area contributed by atoms with Crippen LogP contribution in [0.15, 0.2) is 60.7 Å². The molecule has 2 amide bonds. The maximum Gasteiger partial charge on any atom is 0.410 e. The van der Waals surface area contributed by atoms with Gasteiger partial charge in [-0.3, -0.25) is 4.79 Å². The molecule has 4 aromatic rings. The van der Waals surface area contributed by atoms with Gasteiger partial charge in [-0.05, 0) is 82.0 Å². The molecule has 4 heterocycles. The maximum absolute atomic E-state index is 14.7. The van der Waals surface area contributed by atoms with Gasteiger partial charge in [0.15, 0.2) is 11.9 Å². The molecule has 0 aliphatic carbocycles. The lowest BCUT2D eigenvalue weighted by Gasteiger charge is -2.41. The van der Waals surface area contributed by atoms with Crippen molar-refractivity contribution in [2.24, 2.45) is 0 Å². The van der Waals surface area contributed by atoms with Gasteiger partial charge in [-0.1, -0.05) is 36.4 Å². The Hall–Kier alpha value is -4.74. The van der Waals surface area contributed by atoms with Crippen molar-refractivity contribution in [3.63, 3.8) is 0 Å². The second-order valence-electron chi connectivity index (χ2n) is 13.0. The first-order chi connectivity index (χ1) is 22.6. The highest BCUT2D eigenvalue weighted by Gasteiger charge is 2.36. The number of ether oxygens (including phenoxy) is 2. The molecule has 2 aliphatic rings. The molecule has 0 radical (unpaired) electrons. The number of amides is 2. The topological polar surface area (TPSA) is 130 Å². The first-order valence-electron chi connectivity index (χ1n) is 16.1. The number of rotatable bonds is 6. The van der Waals surface area contributed by atoms with Crippen molar-refractivity contribution in [1.29, 1.82) is 0 Å². The van der Waals surface area contributed by atoms with Crippen LogP contribution in [0, 0.1) is 0 Å². The van der Waals surface area contributed by atoms with E-state index in [2.05, 4.69) is 0 Å². The van der Waals surface area contributed by atoms with Crippen molar-refractivity contribution < 1.29 is 29.3 Å². The summed E-state index contributed by atoms with van der Waals surface area (Å²) in [7, 11) is 0. The minimum absolute atomic E-state index is 0.119. The largest absolute Gasteiger partial charge is 0.508 e. The molecule has 2 N–H and O–H groups in total. The standard InChI is InChI=1S/C36H41N5O6/c1-36(2,3)47-35(45)39-18-19-40(26(22-39)23-42)34(44)28-21-30(25-13-15-27(43)16-14-25)37-33-32(28)29(17-12-24-9-5-4-6-10-24)38-41(33)31-11-7-8-20-46-31/h4-6,9-10,12-17,21,26,31,42-43H,7-8,11,18-20,22-23H2,1-3H3. The number of aliphatic hydroxyl groups is 1. The minimum atomic E-state index is -0.669. The van der Waals surface area contributed by atoms with E-state index in [0.29, 0.717) is 40.2 Å². The van der Waals surface area contributed by atoms with Crippen LogP contribution in [0.3, 0.4) is 0 Å². The number of aromatic nitrogens is 3. The highest BCUT2D eigenvalue weighted by molar-refractivity contribution is 6.09. The molecule has 2 aliphatic heterocycles.